The van der Waals surface area contributed by atoms with Gasteiger partial charge >= 0.3 is 11.9 Å². The van der Waals surface area contributed by atoms with Crippen LogP contribution in [0.1, 0.15) is 180 Å². The molecule has 3 aromatic carbocycles. The van der Waals surface area contributed by atoms with E-state index in [9.17, 15) is 44.4 Å². The molecular weight excluding hydrogens is 1600 g/mol. The molecule has 5 aromatic heterocycles. The Morgan fingerprint density at radius 3 is 1.44 bits per heavy atom. The summed E-state index contributed by atoms with van der Waals surface area (Å²) in [5, 5.41) is 64.9. The zero-order valence-corrected chi connectivity index (χ0v) is 73.2. The maximum Gasteiger partial charge on any atom is 0.375 e. The molecule has 22 atom stereocenters. The number of benzene rings is 3. The van der Waals surface area contributed by atoms with Gasteiger partial charge in [-0.1, -0.05) is 114 Å². The molecule has 0 radical (unpaired) electrons. The predicted molar refractivity (Wildman–Crippen MR) is 456 cm³/mol. The number of alkyl halides is 1. The number of aliphatic hydroxyl groups excluding tert-OH is 3. The molecule has 8 saturated carbocycles. The lowest BCUT2D eigenvalue weighted by molar-refractivity contribution is -0.230. The number of hydrogen-bond acceptors (Lipinski definition) is 19. The Morgan fingerprint density at radius 1 is 0.520 bits per heavy atom. The van der Waals surface area contributed by atoms with Crippen LogP contribution in [-0.2, 0) is 57.6 Å². The summed E-state index contributed by atoms with van der Waals surface area (Å²) in [5.41, 5.74) is -0.0657. The molecule has 20 rings (SSSR count). The first-order valence-corrected chi connectivity index (χ1v) is 43.9. The predicted octanol–water partition coefficient (Wildman–Crippen LogP) is 14.7. The lowest BCUT2D eigenvalue weighted by Crippen LogP contribution is -2.70. The minimum absolute atomic E-state index is 0.00522. The molecule has 12 aliphatic carbocycles. The van der Waals surface area contributed by atoms with Gasteiger partial charge in [-0.15, -0.1) is 0 Å². The van der Waals surface area contributed by atoms with Gasteiger partial charge in [0.25, 0.3) is 17.7 Å². The maximum absolute atomic E-state index is 18.3. The number of carbonyl (C=O) groups excluding carboxylic acids is 5. The number of fused-ring (bicyclic) bond motifs is 18. The van der Waals surface area contributed by atoms with Crippen molar-refractivity contribution in [3.8, 4) is 17.1 Å². The van der Waals surface area contributed by atoms with Gasteiger partial charge in [-0.05, 0) is 256 Å². The van der Waals surface area contributed by atoms with Crippen LogP contribution in [0.2, 0.25) is 0 Å². The Kier molecular flexibility index (Phi) is 21.1. The van der Waals surface area contributed by atoms with Gasteiger partial charge in [0.05, 0.1) is 105 Å². The summed E-state index contributed by atoms with van der Waals surface area (Å²) in [5.74, 6) is -5.40. The van der Waals surface area contributed by atoms with E-state index in [1.54, 1.807) is 50.8 Å². The molecule has 660 valence electrons. The van der Waals surface area contributed by atoms with Gasteiger partial charge in [-0.3, -0.25) is 28.9 Å². The van der Waals surface area contributed by atoms with Crippen molar-refractivity contribution in [2.24, 2.45) is 85.8 Å². The van der Waals surface area contributed by atoms with Crippen LogP contribution < -0.4 is 0 Å². The number of amides is 3. The largest absolute Gasteiger partial charge is 0.457 e. The molecule has 27 heteroatoms. The molecule has 125 heavy (non-hydrogen) atoms. The van der Waals surface area contributed by atoms with Crippen LogP contribution in [0.15, 0.2) is 184 Å². The van der Waals surface area contributed by atoms with Gasteiger partial charge in [-0.2, -0.15) is 15.3 Å². The van der Waals surface area contributed by atoms with Crippen molar-refractivity contribution in [1.29, 1.82) is 0 Å². The first kappa shape index (κ1) is 85.5. The normalized spacial score (nSPS) is 36.2. The fraction of sp³-hybridized carbons (Fsp3) is 0.510. The first-order chi connectivity index (χ1) is 59.6. The van der Waals surface area contributed by atoms with Crippen molar-refractivity contribution in [1.82, 2.24) is 44.5 Å². The van der Waals surface area contributed by atoms with Gasteiger partial charge < -0.3 is 38.7 Å². The van der Waals surface area contributed by atoms with Crippen LogP contribution in [-0.4, -0.2) is 178 Å². The highest BCUT2D eigenvalue weighted by atomic mass is 19.1. The number of aromatic nitrogens is 6. The third-order valence-electron chi connectivity index (χ3n) is 33.5. The Morgan fingerprint density at radius 2 is 0.960 bits per heavy atom. The van der Waals surface area contributed by atoms with Crippen molar-refractivity contribution < 1.29 is 86.0 Å². The molecule has 3 amide bonds. The number of rotatable bonds is 13. The fourth-order valence-corrected chi connectivity index (χ4v) is 27.4. The number of ether oxygens (including phenoxy) is 2. The average molecular weight is 1710 g/mol. The monoisotopic (exact) mass is 1710 g/mol. The first-order valence-electron chi connectivity index (χ1n) is 43.9. The van der Waals surface area contributed by atoms with Crippen LogP contribution in [0.3, 0.4) is 0 Å². The van der Waals surface area contributed by atoms with E-state index < -0.39 is 116 Å². The number of hydrogen-bond donors (Lipinski definition) is 4. The van der Waals surface area contributed by atoms with Crippen molar-refractivity contribution in [3.63, 3.8) is 0 Å². The van der Waals surface area contributed by atoms with Crippen LogP contribution in [0.4, 0.5) is 8.78 Å². The second-order valence-electron chi connectivity index (χ2n) is 38.9. The van der Waals surface area contributed by atoms with Crippen molar-refractivity contribution in [3.05, 3.63) is 220 Å². The minimum atomic E-state index is -2.32. The number of halogens is 2. The van der Waals surface area contributed by atoms with Gasteiger partial charge in [0.1, 0.15) is 5.83 Å². The van der Waals surface area contributed by atoms with E-state index in [2.05, 4.69) is 55.4 Å². The third-order valence-corrected chi connectivity index (χ3v) is 33.5. The number of likely N-dealkylation sites (N-methyl/N-ethyl adjacent to an activating group) is 3. The molecule has 12 aliphatic rings. The molecule has 5 heterocycles. The van der Waals surface area contributed by atoms with Gasteiger partial charge in [0.15, 0.2) is 16.9 Å². The zero-order chi connectivity index (χ0) is 88.4. The van der Waals surface area contributed by atoms with E-state index in [1.807, 2.05) is 102 Å². The Bertz CT molecular complexity index is 5650. The minimum Gasteiger partial charge on any atom is -0.457 e. The fourth-order valence-electron chi connectivity index (χ4n) is 27.4. The molecule has 4 N–H and O–H groups in total. The van der Waals surface area contributed by atoms with Crippen LogP contribution >= 0.6 is 0 Å². The van der Waals surface area contributed by atoms with Crippen LogP contribution in [0, 0.1) is 85.8 Å². The van der Waals surface area contributed by atoms with E-state index in [4.69, 9.17) is 43.0 Å². The van der Waals surface area contributed by atoms with Crippen molar-refractivity contribution >= 4 is 47.9 Å². The molecule has 25 nitrogen and oxygen atoms in total. The number of aliphatic hydroxyl groups is 4. The second kappa shape index (κ2) is 30.8. The van der Waals surface area contributed by atoms with Gasteiger partial charge in [-0.25, -0.2) is 47.6 Å². The number of esters is 2. The number of allylic oxidation sites excluding steroid dienone is 5. The summed E-state index contributed by atoms with van der Waals surface area (Å²) in [6.07, 6.45) is 21.5. The number of carbonyl (C=O) groups is 5. The summed E-state index contributed by atoms with van der Waals surface area (Å²) >= 11 is 0. The SMILES string of the molecule is CON(C)C(=O)[C@@]1(O)CCC2C3CCC4=Cc5c(cnn5-c5ccccc5)C[C@]4(C)C3C(O)C[C@@]21C.CON(C)C(=O)[C@@]1(OC(=O)c2ccco2)CCC2C3CCC4=Cc5c(cnn5-c5ccccc5)C[C@]4(C)C3C(O)C[C@@]21C.CON(C)C(=O)[C@@]1(OC(=O)c2ccco2)[C@H](C)CC2C3C=C(F)C4=Cc5c(cnn5-c5ccccc5)C[C@]4(C)[C@@]3(F)[C@@H](O)C[C@@]21C. The molecule has 0 saturated heterocycles. The average Bonchev–Trinajstić information content (AvgIpc) is 1.59. The molecule has 8 fully saturated rings. The quantitative estimate of drug-likeness (QED) is 0.0616. The summed E-state index contributed by atoms with van der Waals surface area (Å²) < 4.78 is 63.5. The zero-order valence-electron chi connectivity index (χ0n) is 73.2. The van der Waals surface area contributed by atoms with Crippen molar-refractivity contribution in [2.45, 2.75) is 186 Å². The molecule has 10 unspecified atom stereocenters. The summed E-state index contributed by atoms with van der Waals surface area (Å²) in [6.45, 7) is 13.8. The Labute approximate surface area is 725 Å². The summed E-state index contributed by atoms with van der Waals surface area (Å²) in [7, 11) is 8.67. The standard InChI is InChI=1S/C35H37F2N3O6.C34H39N3O6.C29H37N3O4/c1-20-14-23-24-15-26(36)25-16-27-21(19-38-40(27)22-10-7-6-8-11-22)17-32(25,2)34(24,37)29(41)18-33(23,3)35(20,31(43)39(4)44-5)46-30(42)28-12-9-13-45-28;1-32-18-21-20-35-37(23-9-6-5-7-10-23)26(21)17-22(32)12-13-24-25-14-15-34(31(40)36(3)41-4,33(25,2)19-27(38)29(24)32)43-30(39)28-11-8-16-42-28;1-27-15-18-17-30-32(20-8-6-5-7-9-20)23(18)14-19(27)10-11-21-22-12-13-29(35,26(34)31(3)36-4)28(22,2)16-24(33)25(21)27/h6-13,15-16,19-20,23-24,29,41H,14,17-18H2,1-5H3;5-11,16-17,20,24-25,27,29,38H,12-15,18-19H2,1-4H3;5-9,14,17,21-22,24-25,33,35H,10-13,15-16H2,1-4H3/t20-,23?,24?,29+,32+,33+,34+,35+;24?,25?,27?,29?,32-,33-,34-;21?,22?,24?,25?,27-,28-,29-/m100/s1. The molecular formula is C98H113F2N9O16. The number of hydroxylamine groups is 6. The number of furan rings is 2. The number of nitrogens with zero attached hydrogens (tertiary/aromatic N) is 9. The van der Waals surface area contributed by atoms with E-state index in [-0.39, 0.29) is 82.7 Å². The van der Waals surface area contributed by atoms with Gasteiger partial charge in [0, 0.05) is 54.6 Å². The van der Waals surface area contributed by atoms with E-state index in [0.717, 1.165) is 94.1 Å². The Hall–Kier alpha value is -10.3. The van der Waals surface area contributed by atoms with E-state index in [0.29, 0.717) is 37.8 Å². The second-order valence-corrected chi connectivity index (χ2v) is 38.9. The highest BCUT2D eigenvalue weighted by Gasteiger charge is 2.79. The lowest BCUT2D eigenvalue weighted by Gasteiger charge is -2.62. The number of para-hydroxylation sites is 3. The maximum atomic E-state index is 18.3. The Balaban J connectivity index is 0.000000128. The van der Waals surface area contributed by atoms with E-state index >= 15 is 8.78 Å². The van der Waals surface area contributed by atoms with E-state index in [1.165, 1.54) is 94.5 Å². The summed E-state index contributed by atoms with van der Waals surface area (Å²) in [4.78, 5) is 84.0. The molecule has 0 bridgehead atoms. The van der Waals surface area contributed by atoms with Gasteiger partial charge in [0.2, 0.25) is 17.1 Å². The molecule has 0 aliphatic heterocycles. The topological polar surface area (TPSA) is 302 Å². The molecule has 0 spiro atoms. The highest BCUT2D eigenvalue weighted by molar-refractivity contribution is 5.94. The molecule has 8 aromatic rings. The van der Waals surface area contributed by atoms with Crippen molar-refractivity contribution in [2.75, 3.05) is 42.5 Å². The highest BCUT2D eigenvalue weighted by Crippen LogP contribution is 2.74. The summed E-state index contributed by atoms with van der Waals surface area (Å²) in [6, 6.07) is 35.9. The third kappa shape index (κ3) is 12.4. The van der Waals surface area contributed by atoms with Crippen LogP contribution in [0.25, 0.3) is 35.3 Å². The van der Waals surface area contributed by atoms with Crippen LogP contribution in [0.5, 0.6) is 0 Å². The lowest BCUT2D eigenvalue weighted by atomic mass is 9.45. The smallest absolute Gasteiger partial charge is 0.375 e.